The van der Waals surface area contributed by atoms with Crippen molar-refractivity contribution in [3.8, 4) is 0 Å². The quantitative estimate of drug-likeness (QED) is 0.537. The van der Waals surface area contributed by atoms with E-state index in [1.54, 1.807) is 0 Å². The van der Waals surface area contributed by atoms with Gasteiger partial charge in [-0.2, -0.15) is 0 Å². The Hall–Kier alpha value is -0.150. The fraction of sp³-hybridized carbons (Fsp3) is 1.00. The first-order valence-electron chi connectivity index (χ1n) is 3.75. The Morgan fingerprint density at radius 3 is 2.70 bits per heavy atom. The van der Waals surface area contributed by atoms with Crippen LogP contribution in [0.2, 0.25) is 0 Å². The van der Waals surface area contributed by atoms with Gasteiger partial charge in [0.05, 0.1) is 6.67 Å². The summed E-state index contributed by atoms with van der Waals surface area (Å²) >= 11 is 0. The Labute approximate surface area is 62.2 Å². The van der Waals surface area contributed by atoms with E-state index in [9.17, 15) is 4.39 Å². The Kier molecular flexibility index (Phi) is 6.86. The highest BCUT2D eigenvalue weighted by Gasteiger charge is 1.94. The standard InChI is InChI=1S/C7H17FN2/c1-7(9-2)6-10-5-3-4-8/h7,9-10H,3-6H2,1-2H3. The molecular weight excluding hydrogens is 131 g/mol. The predicted octanol–water partition coefficient (Wildman–Crippen LogP) is 0.543. The van der Waals surface area contributed by atoms with Gasteiger partial charge in [-0.3, -0.25) is 4.39 Å². The normalized spacial score (nSPS) is 13.5. The monoisotopic (exact) mass is 148 g/mol. The zero-order valence-corrected chi connectivity index (χ0v) is 6.78. The van der Waals surface area contributed by atoms with Crippen molar-refractivity contribution in [1.82, 2.24) is 10.6 Å². The van der Waals surface area contributed by atoms with Gasteiger partial charge in [0.2, 0.25) is 0 Å². The van der Waals surface area contributed by atoms with Gasteiger partial charge in [0, 0.05) is 12.6 Å². The first-order valence-corrected chi connectivity index (χ1v) is 3.75. The molecule has 0 saturated carbocycles. The SMILES string of the molecule is CNC(C)CNCCCF. The molecule has 0 aromatic rings. The van der Waals surface area contributed by atoms with E-state index < -0.39 is 0 Å². The molecule has 0 aromatic carbocycles. The molecule has 0 aliphatic heterocycles. The minimum atomic E-state index is -0.221. The first-order chi connectivity index (χ1) is 4.81. The smallest absolute Gasteiger partial charge is 0.0906 e. The maximum absolute atomic E-state index is 11.5. The summed E-state index contributed by atoms with van der Waals surface area (Å²) in [5.74, 6) is 0. The van der Waals surface area contributed by atoms with Crippen molar-refractivity contribution in [2.75, 3.05) is 26.8 Å². The van der Waals surface area contributed by atoms with Gasteiger partial charge < -0.3 is 10.6 Å². The first kappa shape index (κ1) is 9.85. The van der Waals surface area contributed by atoms with E-state index in [4.69, 9.17) is 0 Å². The van der Waals surface area contributed by atoms with E-state index in [2.05, 4.69) is 17.6 Å². The van der Waals surface area contributed by atoms with Crippen LogP contribution in [0.15, 0.2) is 0 Å². The molecule has 62 valence electrons. The number of rotatable bonds is 6. The summed E-state index contributed by atoms with van der Waals surface area (Å²) in [5.41, 5.74) is 0. The number of likely N-dealkylation sites (N-methyl/N-ethyl adjacent to an activating group) is 1. The second-order valence-electron chi connectivity index (χ2n) is 2.44. The van der Waals surface area contributed by atoms with E-state index in [0.717, 1.165) is 13.1 Å². The third kappa shape index (κ3) is 5.98. The summed E-state index contributed by atoms with van der Waals surface area (Å²) < 4.78 is 11.5. The number of alkyl halides is 1. The summed E-state index contributed by atoms with van der Waals surface area (Å²) in [6, 6.07) is 0.472. The largest absolute Gasteiger partial charge is 0.316 e. The van der Waals surface area contributed by atoms with Crippen molar-refractivity contribution >= 4 is 0 Å². The van der Waals surface area contributed by atoms with Gasteiger partial charge in [0.1, 0.15) is 0 Å². The summed E-state index contributed by atoms with van der Waals surface area (Å²) in [6.07, 6.45) is 0.621. The molecule has 0 rings (SSSR count). The minimum Gasteiger partial charge on any atom is -0.316 e. The summed E-state index contributed by atoms with van der Waals surface area (Å²) in [6.45, 7) is 3.56. The molecule has 0 aliphatic carbocycles. The summed E-state index contributed by atoms with van der Waals surface area (Å²) in [4.78, 5) is 0. The zero-order chi connectivity index (χ0) is 7.82. The fourth-order valence-corrected chi connectivity index (χ4v) is 0.612. The molecule has 0 aliphatic rings. The van der Waals surface area contributed by atoms with Crippen LogP contribution in [-0.4, -0.2) is 32.9 Å². The Bertz CT molecular complexity index is 68.6. The lowest BCUT2D eigenvalue weighted by atomic mass is 10.3. The molecule has 0 radical (unpaired) electrons. The number of hydrogen-bond donors (Lipinski definition) is 2. The van der Waals surface area contributed by atoms with Crippen molar-refractivity contribution in [2.24, 2.45) is 0 Å². The molecular formula is C7H17FN2. The molecule has 10 heavy (non-hydrogen) atoms. The molecule has 0 amide bonds. The average molecular weight is 148 g/mol. The van der Waals surface area contributed by atoms with Gasteiger partial charge in [-0.05, 0) is 26.9 Å². The van der Waals surface area contributed by atoms with Gasteiger partial charge >= 0.3 is 0 Å². The topological polar surface area (TPSA) is 24.1 Å². The molecule has 1 atom stereocenters. The second kappa shape index (κ2) is 6.96. The van der Waals surface area contributed by atoms with Gasteiger partial charge in [-0.1, -0.05) is 0 Å². The molecule has 0 heterocycles. The molecule has 1 unspecified atom stereocenters. The van der Waals surface area contributed by atoms with Crippen LogP contribution in [0.25, 0.3) is 0 Å². The maximum atomic E-state index is 11.5. The third-order valence-corrected chi connectivity index (χ3v) is 1.43. The molecule has 0 spiro atoms. The van der Waals surface area contributed by atoms with Crippen LogP contribution in [0.4, 0.5) is 4.39 Å². The number of nitrogens with one attached hydrogen (secondary N) is 2. The lowest BCUT2D eigenvalue weighted by molar-refractivity contribution is 0.449. The fourth-order valence-electron chi connectivity index (χ4n) is 0.612. The van der Waals surface area contributed by atoms with E-state index in [0.29, 0.717) is 12.5 Å². The molecule has 0 saturated heterocycles. The van der Waals surface area contributed by atoms with E-state index in [1.165, 1.54) is 0 Å². The highest BCUT2D eigenvalue weighted by molar-refractivity contribution is 4.59. The lowest BCUT2D eigenvalue weighted by Crippen LogP contribution is -2.34. The van der Waals surface area contributed by atoms with Gasteiger partial charge in [-0.15, -0.1) is 0 Å². The predicted molar refractivity (Wildman–Crippen MR) is 42.0 cm³/mol. The van der Waals surface area contributed by atoms with Gasteiger partial charge in [-0.25, -0.2) is 0 Å². The third-order valence-electron chi connectivity index (χ3n) is 1.43. The summed E-state index contributed by atoms with van der Waals surface area (Å²) in [7, 11) is 1.92. The molecule has 2 N–H and O–H groups in total. The Balaban J connectivity index is 2.89. The average Bonchev–Trinajstić information content (AvgIpc) is 1.98. The summed E-state index contributed by atoms with van der Waals surface area (Å²) in [5, 5.41) is 6.22. The van der Waals surface area contributed by atoms with Crippen LogP contribution in [0.3, 0.4) is 0 Å². The lowest BCUT2D eigenvalue weighted by Gasteiger charge is -2.09. The number of halogens is 1. The second-order valence-corrected chi connectivity index (χ2v) is 2.44. The molecule has 0 bridgehead atoms. The van der Waals surface area contributed by atoms with Crippen LogP contribution in [0, 0.1) is 0 Å². The minimum absolute atomic E-state index is 0.221. The van der Waals surface area contributed by atoms with Gasteiger partial charge in [0.15, 0.2) is 0 Å². The van der Waals surface area contributed by atoms with E-state index in [1.807, 2.05) is 7.05 Å². The number of hydrogen-bond acceptors (Lipinski definition) is 2. The van der Waals surface area contributed by atoms with Crippen LogP contribution in [0.1, 0.15) is 13.3 Å². The van der Waals surface area contributed by atoms with Crippen LogP contribution >= 0.6 is 0 Å². The van der Waals surface area contributed by atoms with E-state index >= 15 is 0 Å². The van der Waals surface area contributed by atoms with Crippen molar-refractivity contribution in [3.63, 3.8) is 0 Å². The van der Waals surface area contributed by atoms with Crippen molar-refractivity contribution in [2.45, 2.75) is 19.4 Å². The highest BCUT2D eigenvalue weighted by atomic mass is 19.1. The van der Waals surface area contributed by atoms with E-state index in [-0.39, 0.29) is 6.67 Å². The van der Waals surface area contributed by atoms with Crippen molar-refractivity contribution < 1.29 is 4.39 Å². The Morgan fingerprint density at radius 2 is 2.20 bits per heavy atom. The maximum Gasteiger partial charge on any atom is 0.0906 e. The van der Waals surface area contributed by atoms with Crippen molar-refractivity contribution in [3.05, 3.63) is 0 Å². The van der Waals surface area contributed by atoms with Crippen LogP contribution in [-0.2, 0) is 0 Å². The molecule has 0 fully saturated rings. The highest BCUT2D eigenvalue weighted by Crippen LogP contribution is 1.78. The van der Waals surface area contributed by atoms with Crippen molar-refractivity contribution in [1.29, 1.82) is 0 Å². The van der Waals surface area contributed by atoms with Crippen LogP contribution in [0.5, 0.6) is 0 Å². The van der Waals surface area contributed by atoms with Gasteiger partial charge in [0.25, 0.3) is 0 Å². The molecule has 3 heteroatoms. The molecule has 2 nitrogen and oxygen atoms in total. The zero-order valence-electron chi connectivity index (χ0n) is 6.78. The Morgan fingerprint density at radius 1 is 1.50 bits per heavy atom. The van der Waals surface area contributed by atoms with Crippen LogP contribution < -0.4 is 10.6 Å². The molecule has 0 aromatic heterocycles.